The zero-order chi connectivity index (χ0) is 18.1. The Labute approximate surface area is 163 Å². The molecule has 0 aliphatic rings. The van der Waals surface area contributed by atoms with Crippen LogP contribution in [0.15, 0.2) is 48.7 Å². The molecular weight excluding hydrogens is 362 g/mol. The Morgan fingerprint density at radius 3 is 2.59 bits per heavy atom. The molecule has 0 spiro atoms. The maximum Gasteiger partial charge on any atom is 0.253 e. The summed E-state index contributed by atoms with van der Waals surface area (Å²) in [5.41, 5.74) is 4.11. The van der Waals surface area contributed by atoms with Crippen LogP contribution in [0, 0.1) is 0 Å². The van der Waals surface area contributed by atoms with Crippen LogP contribution in [0.2, 0.25) is 0 Å². The highest BCUT2D eigenvalue weighted by Gasteiger charge is 2.14. The molecule has 0 bridgehead atoms. The van der Waals surface area contributed by atoms with Crippen LogP contribution in [-0.2, 0) is 0 Å². The van der Waals surface area contributed by atoms with Gasteiger partial charge in [-0.2, -0.15) is 0 Å². The number of pyridine rings is 1. The minimum absolute atomic E-state index is 0. The SMILES string of the molecule is CN(C)CCNC(=O)c1cccc2nc3ccc4cccnc4c3nc12.Cl. The molecule has 0 radical (unpaired) electrons. The number of likely N-dealkylation sites (N-methyl/N-ethyl adjacent to an activating group) is 1. The number of para-hydroxylation sites is 1. The normalized spacial score (nSPS) is 11.1. The van der Waals surface area contributed by atoms with Crippen molar-refractivity contribution >= 4 is 51.3 Å². The van der Waals surface area contributed by atoms with Crippen molar-refractivity contribution in [3.05, 3.63) is 54.2 Å². The van der Waals surface area contributed by atoms with Gasteiger partial charge in [-0.25, -0.2) is 9.97 Å². The highest BCUT2D eigenvalue weighted by Crippen LogP contribution is 2.24. The van der Waals surface area contributed by atoms with Gasteiger partial charge in [-0.3, -0.25) is 9.78 Å². The minimum Gasteiger partial charge on any atom is -0.351 e. The van der Waals surface area contributed by atoms with Crippen LogP contribution in [0.5, 0.6) is 0 Å². The Kier molecular flexibility index (Phi) is 5.48. The van der Waals surface area contributed by atoms with Gasteiger partial charge in [-0.15, -0.1) is 12.4 Å². The van der Waals surface area contributed by atoms with E-state index in [1.54, 1.807) is 12.3 Å². The van der Waals surface area contributed by atoms with Crippen LogP contribution < -0.4 is 5.32 Å². The molecule has 0 unspecified atom stereocenters. The van der Waals surface area contributed by atoms with Gasteiger partial charge in [0.25, 0.3) is 5.91 Å². The van der Waals surface area contributed by atoms with Crippen LogP contribution in [-0.4, -0.2) is 52.9 Å². The third-order valence-corrected chi connectivity index (χ3v) is 4.30. The Hall–Kier alpha value is -2.83. The molecule has 2 aromatic heterocycles. The predicted molar refractivity (Wildman–Crippen MR) is 110 cm³/mol. The van der Waals surface area contributed by atoms with E-state index in [1.807, 2.05) is 55.4 Å². The summed E-state index contributed by atoms with van der Waals surface area (Å²) in [4.78, 5) is 28.6. The first-order valence-electron chi connectivity index (χ1n) is 8.50. The lowest BCUT2D eigenvalue weighted by Gasteiger charge is -2.11. The number of hydrogen-bond donors (Lipinski definition) is 1. The molecule has 1 N–H and O–H groups in total. The quantitative estimate of drug-likeness (QED) is 0.434. The first-order chi connectivity index (χ1) is 12.6. The number of nitrogens with zero attached hydrogens (tertiary/aromatic N) is 4. The summed E-state index contributed by atoms with van der Waals surface area (Å²) in [6, 6.07) is 13.3. The summed E-state index contributed by atoms with van der Waals surface area (Å²) in [7, 11) is 3.94. The van der Waals surface area contributed by atoms with Crippen molar-refractivity contribution in [3.8, 4) is 0 Å². The smallest absolute Gasteiger partial charge is 0.253 e. The molecular formula is C20H20ClN5O. The molecule has 4 aromatic rings. The molecule has 0 saturated carbocycles. The summed E-state index contributed by atoms with van der Waals surface area (Å²) in [6.45, 7) is 1.35. The topological polar surface area (TPSA) is 71.0 Å². The van der Waals surface area contributed by atoms with Crippen molar-refractivity contribution in [1.29, 1.82) is 0 Å². The standard InChI is InChI=1S/C20H19N5O.ClH/c1-25(2)12-11-22-20(26)14-6-3-7-15-18(14)24-19-16(23-15)9-8-13-5-4-10-21-17(13)19;/h3-10H,11-12H2,1-2H3,(H,22,26);1H. The number of benzene rings is 2. The molecule has 0 aliphatic heterocycles. The largest absolute Gasteiger partial charge is 0.351 e. The van der Waals surface area contributed by atoms with Gasteiger partial charge in [-0.1, -0.05) is 18.2 Å². The number of rotatable bonds is 4. The van der Waals surface area contributed by atoms with E-state index >= 15 is 0 Å². The Bertz CT molecular complexity index is 1130. The van der Waals surface area contributed by atoms with E-state index in [4.69, 9.17) is 4.98 Å². The van der Waals surface area contributed by atoms with Gasteiger partial charge >= 0.3 is 0 Å². The number of amides is 1. The van der Waals surface area contributed by atoms with Gasteiger partial charge in [0, 0.05) is 24.7 Å². The number of fused-ring (bicyclic) bond motifs is 4. The summed E-state index contributed by atoms with van der Waals surface area (Å²) in [6.07, 6.45) is 1.74. The first kappa shape index (κ1) is 18.9. The predicted octanol–water partition coefficient (Wildman–Crippen LogP) is 3.04. The van der Waals surface area contributed by atoms with E-state index in [0.29, 0.717) is 28.7 Å². The number of carbonyl (C=O) groups excluding carboxylic acids is 1. The summed E-state index contributed by atoms with van der Waals surface area (Å²) in [5, 5.41) is 3.95. The molecule has 2 aromatic carbocycles. The molecule has 27 heavy (non-hydrogen) atoms. The number of aromatic nitrogens is 3. The van der Waals surface area contributed by atoms with Crippen molar-refractivity contribution in [2.45, 2.75) is 0 Å². The summed E-state index contributed by atoms with van der Waals surface area (Å²) in [5.74, 6) is -0.140. The fourth-order valence-corrected chi connectivity index (χ4v) is 2.97. The molecule has 0 aliphatic carbocycles. The lowest BCUT2D eigenvalue weighted by Crippen LogP contribution is -2.31. The molecule has 0 fully saturated rings. The van der Waals surface area contributed by atoms with Crippen molar-refractivity contribution < 1.29 is 4.79 Å². The molecule has 6 nitrogen and oxygen atoms in total. The zero-order valence-corrected chi connectivity index (χ0v) is 16.0. The van der Waals surface area contributed by atoms with Crippen LogP contribution >= 0.6 is 12.4 Å². The zero-order valence-electron chi connectivity index (χ0n) is 15.1. The van der Waals surface area contributed by atoms with Crippen molar-refractivity contribution in [1.82, 2.24) is 25.2 Å². The lowest BCUT2D eigenvalue weighted by atomic mass is 10.1. The number of carbonyl (C=O) groups is 1. The van der Waals surface area contributed by atoms with Gasteiger partial charge in [-0.05, 0) is 38.4 Å². The molecule has 2 heterocycles. The van der Waals surface area contributed by atoms with E-state index < -0.39 is 0 Å². The van der Waals surface area contributed by atoms with E-state index in [1.165, 1.54) is 0 Å². The summed E-state index contributed by atoms with van der Waals surface area (Å²) >= 11 is 0. The molecule has 4 rings (SSSR count). The van der Waals surface area contributed by atoms with Crippen molar-refractivity contribution in [2.24, 2.45) is 0 Å². The maximum atomic E-state index is 12.6. The highest BCUT2D eigenvalue weighted by molar-refractivity contribution is 6.09. The fraction of sp³-hybridized carbons (Fsp3) is 0.200. The average Bonchev–Trinajstić information content (AvgIpc) is 2.65. The molecule has 1 amide bonds. The maximum absolute atomic E-state index is 12.6. The monoisotopic (exact) mass is 381 g/mol. The number of nitrogens with one attached hydrogen (secondary N) is 1. The Morgan fingerprint density at radius 2 is 1.78 bits per heavy atom. The van der Waals surface area contributed by atoms with Crippen LogP contribution in [0.25, 0.3) is 33.0 Å². The van der Waals surface area contributed by atoms with Gasteiger partial charge in [0.05, 0.1) is 22.1 Å². The number of halogens is 1. The van der Waals surface area contributed by atoms with Crippen molar-refractivity contribution in [2.75, 3.05) is 27.2 Å². The average molecular weight is 382 g/mol. The Balaban J connectivity index is 0.00000210. The van der Waals surface area contributed by atoms with Crippen LogP contribution in [0.1, 0.15) is 10.4 Å². The minimum atomic E-state index is -0.140. The highest BCUT2D eigenvalue weighted by atomic mass is 35.5. The molecule has 7 heteroatoms. The van der Waals surface area contributed by atoms with E-state index in [0.717, 1.165) is 23.0 Å². The second-order valence-corrected chi connectivity index (χ2v) is 6.46. The second-order valence-electron chi connectivity index (χ2n) is 6.46. The van der Waals surface area contributed by atoms with Gasteiger partial charge < -0.3 is 10.2 Å². The van der Waals surface area contributed by atoms with Crippen LogP contribution in [0.3, 0.4) is 0 Å². The van der Waals surface area contributed by atoms with Gasteiger partial charge in [0.15, 0.2) is 0 Å². The molecule has 138 valence electrons. The lowest BCUT2D eigenvalue weighted by molar-refractivity contribution is 0.0952. The third kappa shape index (κ3) is 3.67. The third-order valence-electron chi connectivity index (χ3n) is 4.30. The van der Waals surface area contributed by atoms with E-state index in [2.05, 4.69) is 15.3 Å². The Morgan fingerprint density at radius 1 is 0.963 bits per heavy atom. The van der Waals surface area contributed by atoms with Gasteiger partial charge in [0.1, 0.15) is 11.0 Å². The molecule has 0 saturated heterocycles. The number of hydrogen-bond acceptors (Lipinski definition) is 5. The fourth-order valence-electron chi connectivity index (χ4n) is 2.97. The van der Waals surface area contributed by atoms with Gasteiger partial charge in [0.2, 0.25) is 0 Å². The first-order valence-corrected chi connectivity index (χ1v) is 8.50. The van der Waals surface area contributed by atoms with Crippen LogP contribution in [0.4, 0.5) is 0 Å². The van der Waals surface area contributed by atoms with E-state index in [-0.39, 0.29) is 18.3 Å². The summed E-state index contributed by atoms with van der Waals surface area (Å²) < 4.78 is 0. The molecule has 0 atom stereocenters. The van der Waals surface area contributed by atoms with E-state index in [9.17, 15) is 4.79 Å². The van der Waals surface area contributed by atoms with Crippen molar-refractivity contribution in [3.63, 3.8) is 0 Å². The second kappa shape index (κ2) is 7.82.